The summed E-state index contributed by atoms with van der Waals surface area (Å²) in [5.74, 6) is 0. The highest BCUT2D eigenvalue weighted by molar-refractivity contribution is 5.64. The van der Waals surface area contributed by atoms with Gasteiger partial charge in [-0.1, -0.05) is 49.7 Å². The molecule has 0 spiro atoms. The van der Waals surface area contributed by atoms with Crippen LogP contribution in [0.15, 0.2) is 48.8 Å². The van der Waals surface area contributed by atoms with Gasteiger partial charge in [0.15, 0.2) is 0 Å². The number of hydrogen-bond acceptors (Lipinski definition) is 1. The Labute approximate surface area is 114 Å². The van der Waals surface area contributed by atoms with Gasteiger partial charge in [0, 0.05) is 18.0 Å². The van der Waals surface area contributed by atoms with Gasteiger partial charge in [-0.15, -0.1) is 0 Å². The van der Waals surface area contributed by atoms with Gasteiger partial charge < -0.3 is 4.40 Å². The van der Waals surface area contributed by atoms with Crippen molar-refractivity contribution in [1.82, 2.24) is 9.38 Å². The average Bonchev–Trinajstić information content (AvgIpc) is 2.87. The van der Waals surface area contributed by atoms with E-state index in [1.807, 2.05) is 26.1 Å². The molecule has 3 rings (SSSR count). The Kier molecular flexibility index (Phi) is 4.00. The van der Waals surface area contributed by atoms with Crippen molar-refractivity contribution in [2.45, 2.75) is 27.7 Å². The summed E-state index contributed by atoms with van der Waals surface area (Å²) < 4.78 is 2.07. The van der Waals surface area contributed by atoms with Crippen LogP contribution >= 0.6 is 0 Å². The molecule has 98 valence electrons. The van der Waals surface area contributed by atoms with E-state index < -0.39 is 0 Å². The van der Waals surface area contributed by atoms with Crippen LogP contribution in [0.5, 0.6) is 0 Å². The van der Waals surface area contributed by atoms with Crippen LogP contribution in [0.4, 0.5) is 0 Å². The van der Waals surface area contributed by atoms with E-state index in [9.17, 15) is 0 Å². The maximum atomic E-state index is 4.68. The van der Waals surface area contributed by atoms with Crippen LogP contribution in [-0.4, -0.2) is 9.38 Å². The van der Waals surface area contributed by atoms with Crippen molar-refractivity contribution in [2.75, 3.05) is 0 Å². The molecule has 2 aromatic heterocycles. The topological polar surface area (TPSA) is 17.3 Å². The molecule has 0 saturated heterocycles. The molecule has 0 saturated carbocycles. The molecule has 0 aliphatic carbocycles. The summed E-state index contributed by atoms with van der Waals surface area (Å²) in [4.78, 5) is 4.68. The summed E-state index contributed by atoms with van der Waals surface area (Å²) in [7, 11) is 0. The molecular formula is C17H20N2. The number of imidazole rings is 1. The standard InChI is InChI=1S/C15H14N2.C2H6/c1-11-5-7-13(8-6-11)14-10-17-9-3-4-12(2)15(17)16-14;1-2/h3-10H,1-2H3;1-2H3. The average molecular weight is 252 g/mol. The van der Waals surface area contributed by atoms with E-state index in [1.54, 1.807) is 0 Å². The lowest BCUT2D eigenvalue weighted by atomic mass is 10.1. The van der Waals surface area contributed by atoms with Crippen molar-refractivity contribution in [3.63, 3.8) is 0 Å². The fourth-order valence-corrected chi connectivity index (χ4v) is 2.02. The van der Waals surface area contributed by atoms with Crippen molar-refractivity contribution in [3.05, 3.63) is 59.9 Å². The lowest BCUT2D eigenvalue weighted by Gasteiger charge is -1.96. The Morgan fingerprint density at radius 1 is 0.947 bits per heavy atom. The van der Waals surface area contributed by atoms with Crippen molar-refractivity contribution < 1.29 is 0 Å². The highest BCUT2D eigenvalue weighted by Crippen LogP contribution is 2.20. The fraction of sp³-hybridized carbons (Fsp3) is 0.235. The van der Waals surface area contributed by atoms with Gasteiger partial charge in [-0.3, -0.25) is 0 Å². The quantitative estimate of drug-likeness (QED) is 0.616. The number of pyridine rings is 1. The van der Waals surface area contributed by atoms with Gasteiger partial charge >= 0.3 is 0 Å². The zero-order valence-corrected chi connectivity index (χ0v) is 12.0. The minimum Gasteiger partial charge on any atom is -0.306 e. The van der Waals surface area contributed by atoms with E-state index in [0.717, 1.165) is 11.3 Å². The molecule has 0 radical (unpaired) electrons. The zero-order valence-electron chi connectivity index (χ0n) is 12.0. The second kappa shape index (κ2) is 5.70. The third kappa shape index (κ3) is 2.68. The van der Waals surface area contributed by atoms with Crippen LogP contribution in [0.25, 0.3) is 16.9 Å². The molecule has 0 amide bonds. The van der Waals surface area contributed by atoms with Gasteiger partial charge in [0.25, 0.3) is 0 Å². The third-order valence-corrected chi connectivity index (χ3v) is 3.03. The van der Waals surface area contributed by atoms with Crippen molar-refractivity contribution in [3.8, 4) is 11.3 Å². The molecule has 0 bridgehead atoms. The van der Waals surface area contributed by atoms with E-state index in [4.69, 9.17) is 0 Å². The van der Waals surface area contributed by atoms with Crippen LogP contribution in [-0.2, 0) is 0 Å². The number of hydrogen-bond donors (Lipinski definition) is 0. The van der Waals surface area contributed by atoms with Gasteiger partial charge in [-0.2, -0.15) is 0 Å². The highest BCUT2D eigenvalue weighted by atomic mass is 15.0. The Morgan fingerprint density at radius 2 is 1.63 bits per heavy atom. The first kappa shape index (κ1) is 13.3. The summed E-state index contributed by atoms with van der Waals surface area (Å²) in [5.41, 5.74) is 5.70. The molecule has 0 atom stereocenters. The first-order valence-corrected chi connectivity index (χ1v) is 6.75. The Hall–Kier alpha value is -2.09. The molecule has 0 aliphatic rings. The molecule has 19 heavy (non-hydrogen) atoms. The molecular weight excluding hydrogens is 232 g/mol. The van der Waals surface area contributed by atoms with Crippen molar-refractivity contribution in [1.29, 1.82) is 0 Å². The smallest absolute Gasteiger partial charge is 0.140 e. The molecule has 0 unspecified atom stereocenters. The Balaban J connectivity index is 0.000000637. The lowest BCUT2D eigenvalue weighted by molar-refractivity contribution is 1.16. The summed E-state index contributed by atoms with van der Waals surface area (Å²) in [5, 5.41) is 0. The van der Waals surface area contributed by atoms with Crippen LogP contribution in [0.3, 0.4) is 0 Å². The Morgan fingerprint density at radius 3 is 2.26 bits per heavy atom. The SMILES string of the molecule is CC.Cc1ccc(-c2cn3cccc(C)c3n2)cc1. The molecule has 0 N–H and O–H groups in total. The van der Waals surface area contributed by atoms with E-state index in [0.29, 0.717) is 0 Å². The first-order chi connectivity index (χ1) is 9.24. The minimum absolute atomic E-state index is 1.03. The maximum Gasteiger partial charge on any atom is 0.140 e. The minimum atomic E-state index is 1.03. The lowest BCUT2D eigenvalue weighted by Crippen LogP contribution is -1.83. The van der Waals surface area contributed by atoms with Gasteiger partial charge in [0.05, 0.1) is 5.69 Å². The number of nitrogens with zero attached hydrogens (tertiary/aromatic N) is 2. The predicted molar refractivity (Wildman–Crippen MR) is 81.5 cm³/mol. The van der Waals surface area contributed by atoms with Gasteiger partial charge in [-0.05, 0) is 25.5 Å². The number of benzene rings is 1. The number of aryl methyl sites for hydroxylation is 2. The molecule has 2 nitrogen and oxygen atoms in total. The van der Waals surface area contributed by atoms with Crippen LogP contribution in [0.2, 0.25) is 0 Å². The van der Waals surface area contributed by atoms with E-state index in [2.05, 4.69) is 59.8 Å². The largest absolute Gasteiger partial charge is 0.306 e. The Bertz CT molecular complexity index is 663. The van der Waals surface area contributed by atoms with E-state index in [-0.39, 0.29) is 0 Å². The van der Waals surface area contributed by atoms with E-state index in [1.165, 1.54) is 16.7 Å². The fourth-order valence-electron chi connectivity index (χ4n) is 2.02. The molecule has 0 fully saturated rings. The van der Waals surface area contributed by atoms with Crippen LogP contribution < -0.4 is 0 Å². The summed E-state index contributed by atoms with van der Waals surface area (Å²) >= 11 is 0. The second-order valence-corrected chi connectivity index (χ2v) is 4.41. The molecule has 2 heteroatoms. The third-order valence-electron chi connectivity index (χ3n) is 3.03. The number of fused-ring (bicyclic) bond motifs is 1. The van der Waals surface area contributed by atoms with Crippen LogP contribution in [0.1, 0.15) is 25.0 Å². The zero-order chi connectivity index (χ0) is 13.8. The summed E-state index contributed by atoms with van der Waals surface area (Å²) in [6.45, 7) is 8.18. The molecule has 1 aromatic carbocycles. The molecule has 2 heterocycles. The van der Waals surface area contributed by atoms with E-state index >= 15 is 0 Å². The number of aromatic nitrogens is 2. The predicted octanol–water partition coefficient (Wildman–Crippen LogP) is 4.64. The molecule has 0 aliphatic heterocycles. The molecule has 3 aromatic rings. The monoisotopic (exact) mass is 252 g/mol. The van der Waals surface area contributed by atoms with Crippen LogP contribution in [0, 0.1) is 13.8 Å². The summed E-state index contributed by atoms with van der Waals surface area (Å²) in [6.07, 6.45) is 4.11. The normalized spacial score (nSPS) is 10.1. The summed E-state index contributed by atoms with van der Waals surface area (Å²) in [6, 6.07) is 12.6. The number of rotatable bonds is 1. The van der Waals surface area contributed by atoms with Gasteiger partial charge in [-0.25, -0.2) is 4.98 Å². The van der Waals surface area contributed by atoms with Crippen molar-refractivity contribution in [2.24, 2.45) is 0 Å². The van der Waals surface area contributed by atoms with Gasteiger partial charge in [0.2, 0.25) is 0 Å². The highest BCUT2D eigenvalue weighted by Gasteiger charge is 2.05. The maximum absolute atomic E-state index is 4.68. The van der Waals surface area contributed by atoms with Gasteiger partial charge in [0.1, 0.15) is 5.65 Å². The van der Waals surface area contributed by atoms with Crippen molar-refractivity contribution >= 4 is 5.65 Å². The second-order valence-electron chi connectivity index (χ2n) is 4.41. The first-order valence-electron chi connectivity index (χ1n) is 6.75.